The number of hydrogen-bond donors (Lipinski definition) is 0. The zero-order valence-corrected chi connectivity index (χ0v) is 27.0. The second-order valence-corrected chi connectivity index (χ2v) is 12.3. The molecule has 3 aliphatic rings. The summed E-state index contributed by atoms with van der Waals surface area (Å²) in [6.07, 6.45) is 8.88. The highest BCUT2D eigenvalue weighted by atomic mass is 16.7. The first-order chi connectivity index (χ1) is 22.2. The number of likely N-dealkylation sites (tertiary alicyclic amines) is 2. The lowest BCUT2D eigenvalue weighted by Gasteiger charge is -2.34. The molecule has 3 aromatic carbocycles. The van der Waals surface area contributed by atoms with Gasteiger partial charge in [-0.3, -0.25) is 9.80 Å². The third-order valence-electron chi connectivity index (χ3n) is 9.13. The number of benzene rings is 3. The van der Waals surface area contributed by atoms with Gasteiger partial charge in [0.25, 0.3) is 0 Å². The highest BCUT2D eigenvalue weighted by molar-refractivity contribution is 5.99. The van der Waals surface area contributed by atoms with E-state index in [2.05, 4.69) is 65.3 Å². The summed E-state index contributed by atoms with van der Waals surface area (Å²) in [5, 5.41) is 0. The van der Waals surface area contributed by atoms with E-state index >= 15 is 0 Å². The molecule has 45 heavy (non-hydrogen) atoms. The van der Waals surface area contributed by atoms with Gasteiger partial charge < -0.3 is 23.7 Å². The highest BCUT2D eigenvalue weighted by Crippen LogP contribution is 2.40. The van der Waals surface area contributed by atoms with Crippen molar-refractivity contribution in [3.05, 3.63) is 83.4 Å². The molecule has 0 aromatic heterocycles. The quantitative estimate of drug-likeness (QED) is 0.146. The maximum absolute atomic E-state index is 6.78. The van der Waals surface area contributed by atoms with Crippen molar-refractivity contribution in [3.63, 3.8) is 0 Å². The summed E-state index contributed by atoms with van der Waals surface area (Å²) >= 11 is 0. The summed E-state index contributed by atoms with van der Waals surface area (Å²) in [6, 6.07) is 23.2. The Hall–Kier alpha value is -3.52. The van der Waals surface area contributed by atoms with E-state index in [1.165, 1.54) is 75.9 Å². The van der Waals surface area contributed by atoms with Crippen LogP contribution < -0.4 is 18.9 Å². The molecule has 240 valence electrons. The Morgan fingerprint density at radius 3 is 1.82 bits per heavy atom. The smallest absolute Gasteiger partial charge is 0.231 e. The van der Waals surface area contributed by atoms with E-state index in [1.807, 2.05) is 18.2 Å². The molecule has 0 aliphatic carbocycles. The van der Waals surface area contributed by atoms with Gasteiger partial charge >= 0.3 is 0 Å². The van der Waals surface area contributed by atoms with Crippen LogP contribution in [0.5, 0.6) is 23.0 Å². The number of piperidine rings is 2. The van der Waals surface area contributed by atoms with Gasteiger partial charge in [0.05, 0.1) is 0 Å². The molecule has 0 bridgehead atoms. The molecule has 0 unspecified atom stereocenters. The summed E-state index contributed by atoms with van der Waals surface area (Å²) in [7, 11) is 1.63. The van der Waals surface area contributed by atoms with Gasteiger partial charge in [-0.2, -0.15) is 0 Å². The Morgan fingerprint density at radius 1 is 0.689 bits per heavy atom. The second-order valence-electron chi connectivity index (χ2n) is 12.3. The van der Waals surface area contributed by atoms with Crippen molar-refractivity contribution in [2.45, 2.75) is 58.0 Å². The molecule has 7 heteroatoms. The van der Waals surface area contributed by atoms with Crippen LogP contribution >= 0.6 is 0 Å². The van der Waals surface area contributed by atoms with Crippen molar-refractivity contribution in [2.24, 2.45) is 0 Å². The minimum Gasteiger partial charge on any atom is -0.488 e. The summed E-state index contributed by atoms with van der Waals surface area (Å²) in [4.78, 5) is 5.21. The van der Waals surface area contributed by atoms with Crippen LogP contribution in [-0.4, -0.2) is 75.9 Å². The van der Waals surface area contributed by atoms with E-state index in [-0.39, 0.29) is 19.7 Å². The normalized spacial score (nSPS) is 17.8. The molecular formula is C38H48N2O5. The lowest BCUT2D eigenvalue weighted by Crippen LogP contribution is -2.46. The van der Waals surface area contributed by atoms with Crippen molar-refractivity contribution in [1.82, 2.24) is 9.80 Å². The monoisotopic (exact) mass is 612 g/mol. The van der Waals surface area contributed by atoms with Gasteiger partial charge in [0, 0.05) is 20.2 Å². The lowest BCUT2D eigenvalue weighted by molar-refractivity contribution is 0.0511. The van der Waals surface area contributed by atoms with E-state index in [0.717, 1.165) is 59.2 Å². The molecule has 7 nitrogen and oxygen atoms in total. The molecule has 2 fully saturated rings. The van der Waals surface area contributed by atoms with Crippen molar-refractivity contribution in [2.75, 3.05) is 60.0 Å². The molecule has 0 N–H and O–H groups in total. The van der Waals surface area contributed by atoms with E-state index in [1.54, 1.807) is 7.11 Å². The first-order valence-corrected chi connectivity index (χ1v) is 16.8. The Labute approximate surface area is 268 Å². The molecule has 0 atom stereocenters. The highest BCUT2D eigenvalue weighted by Gasteiger charge is 2.23. The Morgan fingerprint density at radius 2 is 1.24 bits per heavy atom. The van der Waals surface area contributed by atoms with E-state index < -0.39 is 0 Å². The summed E-state index contributed by atoms with van der Waals surface area (Å²) in [6.45, 7) is 9.40. The maximum Gasteiger partial charge on any atom is 0.231 e. The van der Waals surface area contributed by atoms with E-state index in [4.69, 9.17) is 23.7 Å². The number of fused-ring (bicyclic) bond motifs is 1. The molecule has 0 spiro atoms. The first kappa shape index (κ1) is 31.5. The number of rotatable bonds is 13. The van der Waals surface area contributed by atoms with Gasteiger partial charge in [-0.15, -0.1) is 0 Å². The molecule has 0 saturated carbocycles. The van der Waals surface area contributed by atoms with Gasteiger partial charge in [-0.05, 0) is 123 Å². The lowest BCUT2D eigenvalue weighted by atomic mass is 9.88. The van der Waals surface area contributed by atoms with Gasteiger partial charge in [0.15, 0.2) is 18.3 Å². The van der Waals surface area contributed by atoms with Crippen molar-refractivity contribution < 1.29 is 23.7 Å². The number of ether oxygens (including phenoxy) is 5. The molecule has 3 heterocycles. The van der Waals surface area contributed by atoms with Crippen LogP contribution in [0.15, 0.2) is 66.7 Å². The minimum atomic E-state index is 0.154. The average molecular weight is 613 g/mol. The average Bonchev–Trinajstić information content (AvgIpc) is 3.56. The fourth-order valence-corrected chi connectivity index (χ4v) is 6.85. The third kappa shape index (κ3) is 8.20. The molecule has 6 rings (SSSR count). The Balaban J connectivity index is 1.29. The van der Waals surface area contributed by atoms with Crippen molar-refractivity contribution >= 4 is 11.1 Å². The summed E-state index contributed by atoms with van der Waals surface area (Å²) in [5.74, 6) is 3.29. The second kappa shape index (κ2) is 15.7. The van der Waals surface area contributed by atoms with Gasteiger partial charge in [0.2, 0.25) is 6.79 Å². The topological polar surface area (TPSA) is 52.6 Å². The SMILES string of the molecule is CCC(=C(c1ccc(OCOC)cc1)c1ccc(OC(CN2CCCCC2)CN2CCCCC2)cc1)c1ccc2c(c1)OCO2. The molecule has 3 aromatic rings. The predicted octanol–water partition coefficient (Wildman–Crippen LogP) is 7.49. The molecule has 3 aliphatic heterocycles. The Kier molecular flexibility index (Phi) is 10.9. The van der Waals surface area contributed by atoms with Crippen molar-refractivity contribution in [3.8, 4) is 23.0 Å². The number of allylic oxidation sites excluding steroid dienone is 1. The van der Waals surface area contributed by atoms with Crippen LogP contribution in [0.2, 0.25) is 0 Å². The van der Waals surface area contributed by atoms with Gasteiger partial charge in [0.1, 0.15) is 17.6 Å². The number of nitrogens with zero attached hydrogens (tertiary/aromatic N) is 2. The third-order valence-corrected chi connectivity index (χ3v) is 9.13. The van der Waals surface area contributed by atoms with Crippen LogP contribution in [0, 0.1) is 0 Å². The van der Waals surface area contributed by atoms with Crippen LogP contribution in [-0.2, 0) is 4.74 Å². The zero-order chi connectivity index (χ0) is 30.8. The predicted molar refractivity (Wildman–Crippen MR) is 179 cm³/mol. The number of methoxy groups -OCH3 is 1. The van der Waals surface area contributed by atoms with Crippen LogP contribution in [0.3, 0.4) is 0 Å². The molecule has 0 amide bonds. The van der Waals surface area contributed by atoms with Crippen LogP contribution in [0.1, 0.15) is 68.6 Å². The van der Waals surface area contributed by atoms with Gasteiger partial charge in [-0.25, -0.2) is 0 Å². The van der Waals surface area contributed by atoms with Gasteiger partial charge in [-0.1, -0.05) is 50.1 Å². The van der Waals surface area contributed by atoms with E-state index in [0.29, 0.717) is 0 Å². The fraction of sp³-hybridized carbons (Fsp3) is 0.474. The minimum absolute atomic E-state index is 0.154. The fourth-order valence-electron chi connectivity index (χ4n) is 6.85. The standard InChI is InChI=1S/C38H48N2O5/c1-3-35(31-14-19-36-37(24-31)44-28-43-36)38(29-10-15-32(16-11-29)42-27-41-2)30-12-17-33(18-13-30)45-34(25-39-20-6-4-7-21-39)26-40-22-8-5-9-23-40/h10-19,24,34H,3-9,20-23,25-28H2,1-2H3. The molecule has 2 saturated heterocycles. The largest absolute Gasteiger partial charge is 0.488 e. The summed E-state index contributed by atoms with van der Waals surface area (Å²) in [5.41, 5.74) is 5.81. The Bertz CT molecular complexity index is 1370. The van der Waals surface area contributed by atoms with Crippen molar-refractivity contribution in [1.29, 1.82) is 0 Å². The van der Waals surface area contributed by atoms with Crippen LogP contribution in [0.4, 0.5) is 0 Å². The molecule has 0 radical (unpaired) electrons. The number of hydrogen-bond acceptors (Lipinski definition) is 7. The zero-order valence-electron chi connectivity index (χ0n) is 27.0. The maximum atomic E-state index is 6.78. The van der Waals surface area contributed by atoms with Crippen LogP contribution in [0.25, 0.3) is 11.1 Å². The van der Waals surface area contributed by atoms with E-state index in [9.17, 15) is 0 Å². The summed E-state index contributed by atoms with van der Waals surface area (Å²) < 4.78 is 28.9. The first-order valence-electron chi connectivity index (χ1n) is 16.8. The molecular weight excluding hydrogens is 564 g/mol.